The monoisotopic (exact) mass is 486 g/mol. The van der Waals surface area contributed by atoms with Crippen molar-refractivity contribution in [2.45, 2.75) is 83.8 Å². The average molecular weight is 488 g/mol. The van der Waals surface area contributed by atoms with E-state index in [1.165, 1.54) is 88.4 Å². The number of benzene rings is 2. The molecule has 31 heavy (non-hydrogen) atoms. The zero-order valence-electron chi connectivity index (χ0n) is 19.6. The van der Waals surface area contributed by atoms with E-state index in [0.29, 0.717) is 6.17 Å². The van der Waals surface area contributed by atoms with Crippen molar-refractivity contribution >= 4 is 17.0 Å². The van der Waals surface area contributed by atoms with Crippen LogP contribution in [-0.4, -0.2) is 29.4 Å². The van der Waals surface area contributed by atoms with Crippen LogP contribution in [0.1, 0.15) is 88.4 Å². The van der Waals surface area contributed by atoms with Crippen LogP contribution in [0.5, 0.6) is 0 Å². The second-order valence-electron chi connectivity index (χ2n) is 8.96. The Morgan fingerprint density at radius 3 is 1.77 bits per heavy atom. The van der Waals surface area contributed by atoms with Crippen LogP contribution in [0.4, 0.5) is 0 Å². The zero-order valence-corrected chi connectivity index (χ0v) is 21.3. The van der Waals surface area contributed by atoms with Gasteiger partial charge in [0.05, 0.1) is 6.17 Å². The van der Waals surface area contributed by atoms with Gasteiger partial charge in [-0.1, -0.05) is 125 Å². The fourth-order valence-electron chi connectivity index (χ4n) is 4.80. The van der Waals surface area contributed by atoms with Crippen molar-refractivity contribution in [2.75, 3.05) is 19.6 Å². The summed E-state index contributed by atoms with van der Waals surface area (Å²) >= 11 is 0. The Kier molecular flexibility index (Phi) is 13.1. The molecule has 1 atom stereocenters. The molecule has 1 saturated heterocycles. The largest absolute Gasteiger partial charge is 0.283 e. The Morgan fingerprint density at radius 2 is 1.16 bits per heavy atom. The Labute approximate surface area is 201 Å². The average Bonchev–Trinajstić information content (AvgIpc) is 3.18. The van der Waals surface area contributed by atoms with Crippen LogP contribution >= 0.6 is 17.0 Å². The van der Waals surface area contributed by atoms with Crippen LogP contribution in [-0.2, 0) is 6.54 Å². The van der Waals surface area contributed by atoms with Crippen molar-refractivity contribution in [3.63, 3.8) is 0 Å². The van der Waals surface area contributed by atoms with Crippen molar-refractivity contribution in [2.24, 2.45) is 0 Å². The highest BCUT2D eigenvalue weighted by Crippen LogP contribution is 2.31. The fourth-order valence-corrected chi connectivity index (χ4v) is 4.80. The quantitative estimate of drug-likeness (QED) is 0.249. The molecule has 0 bridgehead atoms. The number of hydrogen-bond donors (Lipinski definition) is 0. The van der Waals surface area contributed by atoms with Gasteiger partial charge in [0.2, 0.25) is 0 Å². The van der Waals surface area contributed by atoms with E-state index in [-0.39, 0.29) is 17.0 Å². The van der Waals surface area contributed by atoms with Crippen molar-refractivity contribution in [3.8, 4) is 0 Å². The standard InChI is InChI=1S/C28H42N2.BrH/c1-2-3-4-5-6-7-8-9-10-17-22-29-23-24-30(25-26-18-13-11-14-19-26)28(29)27-20-15-12-16-21-27;/h11-16,18-21,28H,2-10,17,22-25H2,1H3;1H. The summed E-state index contributed by atoms with van der Waals surface area (Å²) in [6.07, 6.45) is 14.5. The molecule has 1 aliphatic heterocycles. The normalized spacial score (nSPS) is 17.0. The fraction of sp³-hybridized carbons (Fsp3) is 0.571. The number of halogens is 1. The van der Waals surface area contributed by atoms with Gasteiger partial charge in [-0.05, 0) is 17.5 Å². The molecule has 0 amide bonds. The van der Waals surface area contributed by atoms with E-state index in [9.17, 15) is 0 Å². The van der Waals surface area contributed by atoms with Gasteiger partial charge < -0.3 is 0 Å². The summed E-state index contributed by atoms with van der Waals surface area (Å²) in [6, 6.07) is 22.1. The molecule has 1 fully saturated rings. The lowest BCUT2D eigenvalue weighted by molar-refractivity contribution is 0.129. The molecular weight excluding hydrogens is 444 g/mol. The third kappa shape index (κ3) is 9.08. The molecule has 1 heterocycles. The predicted molar refractivity (Wildman–Crippen MR) is 140 cm³/mol. The SMILES string of the molecule is Br.CCCCCCCCCCCCN1CCN(Cc2ccccc2)C1c1ccccc1. The number of unbranched alkanes of at least 4 members (excludes halogenated alkanes) is 9. The molecule has 0 aromatic heterocycles. The van der Waals surface area contributed by atoms with Gasteiger partial charge in [0.1, 0.15) is 0 Å². The lowest BCUT2D eigenvalue weighted by Crippen LogP contribution is -2.31. The maximum absolute atomic E-state index is 2.71. The molecule has 0 N–H and O–H groups in total. The Balaban J connectivity index is 0.00000341. The van der Waals surface area contributed by atoms with E-state index in [1.54, 1.807) is 0 Å². The van der Waals surface area contributed by atoms with Crippen molar-refractivity contribution in [3.05, 3.63) is 71.8 Å². The highest BCUT2D eigenvalue weighted by atomic mass is 79.9. The molecule has 3 heteroatoms. The zero-order chi connectivity index (χ0) is 20.9. The summed E-state index contributed by atoms with van der Waals surface area (Å²) in [5.41, 5.74) is 2.86. The first-order valence-electron chi connectivity index (χ1n) is 12.5. The third-order valence-electron chi connectivity index (χ3n) is 6.49. The second kappa shape index (κ2) is 15.6. The molecule has 172 valence electrons. The van der Waals surface area contributed by atoms with E-state index in [0.717, 1.165) is 13.1 Å². The van der Waals surface area contributed by atoms with E-state index in [1.807, 2.05) is 0 Å². The van der Waals surface area contributed by atoms with Gasteiger partial charge >= 0.3 is 0 Å². The topological polar surface area (TPSA) is 6.48 Å². The van der Waals surface area contributed by atoms with Gasteiger partial charge in [-0.3, -0.25) is 9.80 Å². The maximum atomic E-state index is 2.71. The second-order valence-corrected chi connectivity index (χ2v) is 8.96. The van der Waals surface area contributed by atoms with Crippen LogP contribution in [0.3, 0.4) is 0 Å². The van der Waals surface area contributed by atoms with Gasteiger partial charge in [0.15, 0.2) is 0 Å². The third-order valence-corrected chi connectivity index (χ3v) is 6.49. The molecule has 2 aromatic rings. The summed E-state index contributed by atoms with van der Waals surface area (Å²) in [7, 11) is 0. The van der Waals surface area contributed by atoms with Crippen molar-refractivity contribution in [1.82, 2.24) is 9.80 Å². The highest BCUT2D eigenvalue weighted by molar-refractivity contribution is 8.93. The summed E-state index contributed by atoms with van der Waals surface area (Å²) in [5, 5.41) is 0. The van der Waals surface area contributed by atoms with Crippen LogP contribution in [0.15, 0.2) is 60.7 Å². The van der Waals surface area contributed by atoms with Crippen molar-refractivity contribution < 1.29 is 0 Å². The molecule has 2 aromatic carbocycles. The predicted octanol–water partition coefficient (Wildman–Crippen LogP) is 8.00. The molecule has 1 unspecified atom stereocenters. The molecule has 1 aliphatic rings. The van der Waals surface area contributed by atoms with Crippen LogP contribution in [0.2, 0.25) is 0 Å². The van der Waals surface area contributed by atoms with Gasteiger partial charge in [-0.15, -0.1) is 17.0 Å². The van der Waals surface area contributed by atoms with E-state index < -0.39 is 0 Å². The van der Waals surface area contributed by atoms with E-state index in [4.69, 9.17) is 0 Å². The number of nitrogens with zero attached hydrogens (tertiary/aromatic N) is 2. The van der Waals surface area contributed by atoms with Gasteiger partial charge in [-0.2, -0.15) is 0 Å². The molecule has 0 saturated carbocycles. The van der Waals surface area contributed by atoms with E-state index in [2.05, 4.69) is 77.4 Å². The minimum absolute atomic E-state index is 0. The lowest BCUT2D eigenvalue weighted by Gasteiger charge is -2.31. The van der Waals surface area contributed by atoms with Crippen LogP contribution in [0.25, 0.3) is 0 Å². The Hall–Kier alpha value is -1.16. The van der Waals surface area contributed by atoms with Gasteiger partial charge in [0.25, 0.3) is 0 Å². The summed E-state index contributed by atoms with van der Waals surface area (Å²) < 4.78 is 0. The first-order chi connectivity index (χ1) is 14.9. The summed E-state index contributed by atoms with van der Waals surface area (Å²) in [6.45, 7) is 6.90. The van der Waals surface area contributed by atoms with Gasteiger partial charge in [0, 0.05) is 26.2 Å². The first kappa shape index (κ1) is 26.1. The Morgan fingerprint density at radius 1 is 0.645 bits per heavy atom. The summed E-state index contributed by atoms with van der Waals surface area (Å²) in [5.74, 6) is 0. The molecule has 0 spiro atoms. The molecule has 3 rings (SSSR count). The van der Waals surface area contributed by atoms with Crippen LogP contribution in [0, 0.1) is 0 Å². The first-order valence-corrected chi connectivity index (χ1v) is 12.5. The molecule has 0 aliphatic carbocycles. The molecular formula is C28H43BrN2. The lowest BCUT2D eigenvalue weighted by atomic mass is 10.1. The minimum Gasteiger partial charge on any atom is -0.283 e. The Bertz CT molecular complexity index is 676. The molecule has 2 nitrogen and oxygen atoms in total. The smallest absolute Gasteiger partial charge is 0.0889 e. The number of rotatable bonds is 14. The number of hydrogen-bond acceptors (Lipinski definition) is 2. The molecule has 0 radical (unpaired) electrons. The van der Waals surface area contributed by atoms with E-state index >= 15 is 0 Å². The minimum atomic E-state index is 0. The van der Waals surface area contributed by atoms with Crippen molar-refractivity contribution in [1.29, 1.82) is 0 Å². The van der Waals surface area contributed by atoms with Gasteiger partial charge in [-0.25, -0.2) is 0 Å². The summed E-state index contributed by atoms with van der Waals surface area (Å²) in [4.78, 5) is 5.37. The maximum Gasteiger partial charge on any atom is 0.0889 e. The van der Waals surface area contributed by atoms with Crippen LogP contribution < -0.4 is 0 Å². The highest BCUT2D eigenvalue weighted by Gasteiger charge is 2.32.